The largest absolute Gasteiger partial charge is 0.756 e. The molecular formula is C48H102O4P2. The van der Waals surface area contributed by atoms with Crippen LogP contribution in [-0.2, 0) is 13.6 Å². The van der Waals surface area contributed by atoms with Crippen molar-refractivity contribution in [1.82, 2.24) is 0 Å². The molecule has 6 heteroatoms. The molecule has 0 atom stereocenters. The summed E-state index contributed by atoms with van der Waals surface area (Å²) in [6.07, 6.45) is 55.5. The zero-order chi connectivity index (χ0) is 40.1. The predicted octanol–water partition coefficient (Wildman–Crippen LogP) is 17.7. The second kappa shape index (κ2) is 46.2. The highest BCUT2D eigenvalue weighted by molar-refractivity contribution is 7.75. The monoisotopic (exact) mass is 805 g/mol. The first kappa shape index (κ1) is 56.6. The SMILES string of the molecule is CCCCCCCCOP(=O)([O-])OCCCCCCCC.CCCCCCCC[P+](CCCCCCCC)(CCCCCCCC)CCCCCCCC. The summed E-state index contributed by atoms with van der Waals surface area (Å²) >= 11 is 0. The highest BCUT2D eigenvalue weighted by Crippen LogP contribution is 2.61. The number of phosphoric ester groups is 1. The maximum Gasteiger partial charge on any atom is 0.267 e. The third-order valence-electron chi connectivity index (χ3n) is 11.4. The first-order valence-electron chi connectivity index (χ1n) is 24.8. The van der Waals surface area contributed by atoms with Crippen LogP contribution >= 0.6 is 15.1 Å². The van der Waals surface area contributed by atoms with Crippen LogP contribution in [0.1, 0.15) is 273 Å². The second-order valence-electron chi connectivity index (χ2n) is 17.0. The Kier molecular flexibility index (Phi) is 48.5. The van der Waals surface area contributed by atoms with Crippen molar-refractivity contribution in [3.63, 3.8) is 0 Å². The molecule has 4 nitrogen and oxygen atoms in total. The van der Waals surface area contributed by atoms with Gasteiger partial charge < -0.3 is 13.9 Å². The van der Waals surface area contributed by atoms with Crippen molar-refractivity contribution in [2.45, 2.75) is 273 Å². The Balaban J connectivity index is 0. The summed E-state index contributed by atoms with van der Waals surface area (Å²) in [5.41, 5.74) is 0. The molecule has 0 rings (SSSR count). The van der Waals surface area contributed by atoms with Gasteiger partial charge in [0, 0.05) is 7.26 Å². The molecule has 0 aliphatic heterocycles. The van der Waals surface area contributed by atoms with Crippen LogP contribution in [-0.4, -0.2) is 37.9 Å². The fraction of sp³-hybridized carbons (Fsp3) is 1.00. The van der Waals surface area contributed by atoms with E-state index in [1.807, 2.05) is 0 Å². The van der Waals surface area contributed by atoms with E-state index in [2.05, 4.69) is 41.5 Å². The van der Waals surface area contributed by atoms with Gasteiger partial charge in [-0.15, -0.1) is 0 Å². The zero-order valence-electron chi connectivity index (χ0n) is 38.2. The molecule has 54 heavy (non-hydrogen) atoms. The minimum atomic E-state index is -4.07. The first-order valence-corrected chi connectivity index (χ1v) is 28.8. The number of phosphoric acid groups is 1. The minimum Gasteiger partial charge on any atom is -0.756 e. The van der Waals surface area contributed by atoms with Gasteiger partial charge in [-0.2, -0.15) is 0 Å². The third-order valence-corrected chi connectivity index (χ3v) is 17.5. The summed E-state index contributed by atoms with van der Waals surface area (Å²) in [5.74, 6) is 0. The molecule has 0 saturated carbocycles. The number of rotatable bonds is 44. The number of unbranched alkanes of at least 4 members (excludes halogenated alkanes) is 30. The van der Waals surface area contributed by atoms with E-state index in [1.165, 1.54) is 167 Å². The van der Waals surface area contributed by atoms with E-state index in [1.54, 1.807) is 50.3 Å². The summed E-state index contributed by atoms with van der Waals surface area (Å²) in [5, 5.41) is 0. The molecule has 0 aromatic rings. The van der Waals surface area contributed by atoms with Crippen LogP contribution in [0, 0.1) is 0 Å². The number of hydrogen-bond donors (Lipinski definition) is 0. The van der Waals surface area contributed by atoms with Crippen LogP contribution in [0.3, 0.4) is 0 Å². The topological polar surface area (TPSA) is 58.6 Å². The fourth-order valence-electron chi connectivity index (χ4n) is 7.74. The molecule has 0 unspecified atom stereocenters. The van der Waals surface area contributed by atoms with E-state index in [0.29, 0.717) is 0 Å². The Morgan fingerprint density at radius 1 is 0.315 bits per heavy atom. The Hall–Kier alpha value is 0.540. The molecule has 0 aliphatic rings. The van der Waals surface area contributed by atoms with Gasteiger partial charge in [0.05, 0.1) is 37.9 Å². The lowest BCUT2D eigenvalue weighted by atomic mass is 10.1. The van der Waals surface area contributed by atoms with E-state index in [4.69, 9.17) is 9.05 Å². The molecule has 0 fully saturated rings. The lowest BCUT2D eigenvalue weighted by molar-refractivity contribution is -0.225. The molecule has 0 aliphatic carbocycles. The Labute approximate surface area is 343 Å². The van der Waals surface area contributed by atoms with Crippen molar-refractivity contribution in [1.29, 1.82) is 0 Å². The molecule has 328 valence electrons. The lowest BCUT2D eigenvalue weighted by Gasteiger charge is -2.28. The first-order chi connectivity index (χ1) is 26.4. The molecule has 0 N–H and O–H groups in total. The summed E-state index contributed by atoms with van der Waals surface area (Å²) in [6, 6.07) is 0. The van der Waals surface area contributed by atoms with Crippen molar-refractivity contribution in [2.75, 3.05) is 37.9 Å². The second-order valence-corrected chi connectivity index (χ2v) is 22.8. The van der Waals surface area contributed by atoms with Gasteiger partial charge in [0.25, 0.3) is 7.82 Å². The van der Waals surface area contributed by atoms with Gasteiger partial charge in [-0.3, -0.25) is 4.57 Å². The summed E-state index contributed by atoms with van der Waals surface area (Å²) in [6.45, 7) is 14.2. The van der Waals surface area contributed by atoms with Crippen molar-refractivity contribution >= 4 is 15.1 Å². The van der Waals surface area contributed by atoms with Crippen LogP contribution in [0.25, 0.3) is 0 Å². The van der Waals surface area contributed by atoms with Gasteiger partial charge in [-0.1, -0.05) is 208 Å². The highest BCUT2D eigenvalue weighted by atomic mass is 31.2. The smallest absolute Gasteiger partial charge is 0.267 e. The lowest BCUT2D eigenvalue weighted by Crippen LogP contribution is -2.13. The van der Waals surface area contributed by atoms with Gasteiger partial charge in [-0.05, 0) is 64.2 Å². The van der Waals surface area contributed by atoms with Crippen LogP contribution < -0.4 is 4.89 Å². The van der Waals surface area contributed by atoms with Crippen molar-refractivity contribution < 1.29 is 18.5 Å². The van der Waals surface area contributed by atoms with E-state index in [0.717, 1.165) is 38.5 Å². The van der Waals surface area contributed by atoms with Gasteiger partial charge in [-0.25, -0.2) is 0 Å². The van der Waals surface area contributed by atoms with Crippen molar-refractivity contribution in [3.8, 4) is 0 Å². The minimum absolute atomic E-state index is 0.253. The van der Waals surface area contributed by atoms with Crippen molar-refractivity contribution in [2.24, 2.45) is 0 Å². The molecule has 0 saturated heterocycles. The molecule has 0 aromatic carbocycles. The summed E-state index contributed by atoms with van der Waals surface area (Å²) in [7, 11) is -4.78. The quantitative estimate of drug-likeness (QED) is 0.0455. The van der Waals surface area contributed by atoms with E-state index >= 15 is 0 Å². The number of hydrogen-bond acceptors (Lipinski definition) is 4. The van der Waals surface area contributed by atoms with E-state index in [9.17, 15) is 9.46 Å². The summed E-state index contributed by atoms with van der Waals surface area (Å²) < 4.78 is 21.2. The zero-order valence-corrected chi connectivity index (χ0v) is 40.0. The third kappa shape index (κ3) is 43.7. The fourth-order valence-corrected chi connectivity index (χ4v) is 13.4. The highest BCUT2D eigenvalue weighted by Gasteiger charge is 2.35. The molecule has 0 bridgehead atoms. The van der Waals surface area contributed by atoms with Gasteiger partial charge in [0.2, 0.25) is 0 Å². The average molecular weight is 805 g/mol. The Bertz CT molecular complexity index is 642. The van der Waals surface area contributed by atoms with Crippen LogP contribution in [0.5, 0.6) is 0 Å². The molecular weight excluding hydrogens is 702 g/mol. The maximum atomic E-state index is 11.5. The van der Waals surface area contributed by atoms with E-state index < -0.39 is 15.1 Å². The molecule has 0 aromatic heterocycles. The Morgan fingerprint density at radius 2 is 0.500 bits per heavy atom. The molecule has 0 radical (unpaired) electrons. The standard InChI is InChI=1S/C32H68P.C16H35O4P/c1-5-9-13-17-21-25-29-33(30-26-22-18-14-10-6-2,31-27-23-19-15-11-7-3)32-28-24-20-16-12-8-4;1-3-5-7-9-11-13-15-19-21(17,18)20-16-14-12-10-8-6-4-2/h5-32H2,1-4H3;3-16H2,1-2H3,(H,17,18)/q+1;/p-1. The average Bonchev–Trinajstić information content (AvgIpc) is 3.16. The Morgan fingerprint density at radius 3 is 0.722 bits per heavy atom. The molecule has 0 heterocycles. The van der Waals surface area contributed by atoms with Crippen LogP contribution in [0.4, 0.5) is 0 Å². The normalized spacial score (nSPS) is 12.0. The van der Waals surface area contributed by atoms with Crippen molar-refractivity contribution in [3.05, 3.63) is 0 Å². The molecule has 0 spiro atoms. The maximum absolute atomic E-state index is 11.5. The summed E-state index contributed by atoms with van der Waals surface area (Å²) in [4.78, 5) is 11.5. The van der Waals surface area contributed by atoms with Gasteiger partial charge in [0.15, 0.2) is 0 Å². The van der Waals surface area contributed by atoms with Crippen LogP contribution in [0.2, 0.25) is 0 Å². The van der Waals surface area contributed by atoms with Gasteiger partial charge >= 0.3 is 0 Å². The molecule has 0 amide bonds. The predicted molar refractivity (Wildman–Crippen MR) is 246 cm³/mol. The van der Waals surface area contributed by atoms with Gasteiger partial charge in [0.1, 0.15) is 0 Å². The van der Waals surface area contributed by atoms with Crippen LogP contribution in [0.15, 0.2) is 0 Å². The van der Waals surface area contributed by atoms with E-state index in [-0.39, 0.29) is 13.2 Å².